The molecular weight excluding hydrogens is 472 g/mol. The fourth-order valence-corrected chi connectivity index (χ4v) is 5.86. The van der Waals surface area contributed by atoms with E-state index in [1.54, 1.807) is 24.3 Å². The molecule has 1 N–H and O–H groups in total. The lowest BCUT2D eigenvalue weighted by atomic mass is 9.99. The van der Waals surface area contributed by atoms with Crippen molar-refractivity contribution in [1.82, 2.24) is 9.55 Å². The van der Waals surface area contributed by atoms with Gasteiger partial charge in [0, 0.05) is 13.0 Å². The van der Waals surface area contributed by atoms with E-state index in [0.29, 0.717) is 23.4 Å². The fourth-order valence-electron chi connectivity index (χ4n) is 4.39. The van der Waals surface area contributed by atoms with Crippen LogP contribution in [0.15, 0.2) is 71.6 Å². The Morgan fingerprint density at radius 1 is 0.944 bits per heavy atom. The summed E-state index contributed by atoms with van der Waals surface area (Å²) >= 11 is 0. The van der Waals surface area contributed by atoms with Gasteiger partial charge in [-0.15, -0.1) is 0 Å². The first-order valence-corrected chi connectivity index (χ1v) is 14.1. The molecule has 4 rings (SSSR count). The van der Waals surface area contributed by atoms with Crippen molar-refractivity contribution in [3.8, 4) is 11.1 Å². The van der Waals surface area contributed by atoms with Gasteiger partial charge in [0.05, 0.1) is 27.2 Å². The van der Waals surface area contributed by atoms with E-state index in [0.717, 1.165) is 53.7 Å². The standard InChI is InChI=1S/C29H32N2O4S/c1-3-5-11-28-30-26-17-16-23(36(34,35)18-6-4-2)19-27(26)31(28)20-21-12-14-22(15-13-21)24-9-7-8-10-25(24)29(32)33/h7-10,12-17,19H,3-6,11,18,20H2,1-2H3,(H,32,33). The highest BCUT2D eigenvalue weighted by Gasteiger charge is 2.18. The van der Waals surface area contributed by atoms with Crippen LogP contribution in [-0.2, 0) is 22.8 Å². The number of aryl methyl sites for hydroxylation is 1. The van der Waals surface area contributed by atoms with Crippen LogP contribution < -0.4 is 0 Å². The van der Waals surface area contributed by atoms with Gasteiger partial charge in [-0.3, -0.25) is 0 Å². The van der Waals surface area contributed by atoms with Crippen LogP contribution in [0.2, 0.25) is 0 Å². The Labute approximate surface area is 212 Å². The van der Waals surface area contributed by atoms with Gasteiger partial charge in [0.25, 0.3) is 0 Å². The van der Waals surface area contributed by atoms with Gasteiger partial charge >= 0.3 is 5.97 Å². The van der Waals surface area contributed by atoms with E-state index in [2.05, 4.69) is 11.5 Å². The molecule has 0 radical (unpaired) electrons. The predicted octanol–water partition coefficient (Wildman–Crippen LogP) is 6.37. The monoisotopic (exact) mass is 504 g/mol. The summed E-state index contributed by atoms with van der Waals surface area (Å²) in [6, 6.07) is 20.1. The lowest BCUT2D eigenvalue weighted by Gasteiger charge is -2.12. The summed E-state index contributed by atoms with van der Waals surface area (Å²) < 4.78 is 27.8. The molecule has 0 bridgehead atoms. The number of carbonyl (C=O) groups is 1. The molecule has 0 aliphatic carbocycles. The molecule has 0 aliphatic rings. The van der Waals surface area contributed by atoms with Crippen molar-refractivity contribution in [2.45, 2.75) is 57.4 Å². The number of carboxylic acids is 1. The van der Waals surface area contributed by atoms with Gasteiger partial charge < -0.3 is 9.67 Å². The number of hydrogen-bond donors (Lipinski definition) is 1. The topological polar surface area (TPSA) is 89.3 Å². The van der Waals surface area contributed by atoms with E-state index < -0.39 is 15.8 Å². The van der Waals surface area contributed by atoms with E-state index in [4.69, 9.17) is 4.98 Å². The van der Waals surface area contributed by atoms with E-state index in [-0.39, 0.29) is 11.3 Å². The summed E-state index contributed by atoms with van der Waals surface area (Å²) in [5.74, 6) is 0.130. The van der Waals surface area contributed by atoms with Gasteiger partial charge in [0.1, 0.15) is 5.82 Å². The second-order valence-electron chi connectivity index (χ2n) is 9.09. The number of hydrogen-bond acceptors (Lipinski definition) is 4. The quantitative estimate of drug-likeness (QED) is 0.256. The third-order valence-corrected chi connectivity index (χ3v) is 8.24. The first kappa shape index (κ1) is 25.6. The molecule has 0 spiro atoms. The van der Waals surface area contributed by atoms with Crippen LogP contribution >= 0.6 is 0 Å². The number of aromatic nitrogens is 2. The summed E-state index contributed by atoms with van der Waals surface area (Å²) in [5.41, 5.74) is 4.42. The second kappa shape index (κ2) is 11.1. The average Bonchev–Trinajstić information content (AvgIpc) is 3.23. The van der Waals surface area contributed by atoms with Crippen LogP contribution in [0.3, 0.4) is 0 Å². The predicted molar refractivity (Wildman–Crippen MR) is 143 cm³/mol. The maximum Gasteiger partial charge on any atom is 0.336 e. The number of carboxylic acid groups (broad SMARTS) is 1. The van der Waals surface area contributed by atoms with Crippen molar-refractivity contribution < 1.29 is 18.3 Å². The lowest BCUT2D eigenvalue weighted by molar-refractivity contribution is 0.0697. The van der Waals surface area contributed by atoms with Gasteiger partial charge in [-0.05, 0) is 53.8 Å². The SMILES string of the molecule is CCCCc1nc2ccc(S(=O)(=O)CCCC)cc2n1Cc1ccc(-c2ccccc2C(=O)O)cc1. The highest BCUT2D eigenvalue weighted by molar-refractivity contribution is 7.91. The first-order valence-electron chi connectivity index (χ1n) is 12.5. The zero-order valence-corrected chi connectivity index (χ0v) is 21.6. The zero-order chi connectivity index (χ0) is 25.7. The molecule has 0 saturated heterocycles. The van der Waals surface area contributed by atoms with E-state index in [1.165, 1.54) is 0 Å². The zero-order valence-electron chi connectivity index (χ0n) is 20.8. The number of unbranched alkanes of at least 4 members (excludes halogenated alkanes) is 2. The molecule has 6 nitrogen and oxygen atoms in total. The van der Waals surface area contributed by atoms with Crippen LogP contribution in [0, 0.1) is 0 Å². The number of benzene rings is 3. The van der Waals surface area contributed by atoms with Crippen molar-refractivity contribution in [2.24, 2.45) is 0 Å². The summed E-state index contributed by atoms with van der Waals surface area (Å²) in [6.45, 7) is 4.67. The molecule has 0 saturated carbocycles. The van der Waals surface area contributed by atoms with Crippen LogP contribution in [0.4, 0.5) is 0 Å². The van der Waals surface area contributed by atoms with Gasteiger partial charge in [-0.2, -0.15) is 0 Å². The van der Waals surface area contributed by atoms with Crippen molar-refractivity contribution in [1.29, 1.82) is 0 Å². The normalized spacial score (nSPS) is 11.7. The number of fused-ring (bicyclic) bond motifs is 1. The molecular formula is C29H32N2O4S. The molecule has 0 fully saturated rings. The second-order valence-corrected chi connectivity index (χ2v) is 11.2. The Morgan fingerprint density at radius 3 is 2.36 bits per heavy atom. The average molecular weight is 505 g/mol. The smallest absolute Gasteiger partial charge is 0.336 e. The van der Waals surface area contributed by atoms with Crippen LogP contribution in [0.5, 0.6) is 0 Å². The minimum Gasteiger partial charge on any atom is -0.478 e. The minimum atomic E-state index is -3.35. The fraction of sp³-hybridized carbons (Fsp3) is 0.310. The number of rotatable bonds is 11. The molecule has 0 unspecified atom stereocenters. The Morgan fingerprint density at radius 2 is 1.67 bits per heavy atom. The molecule has 0 atom stereocenters. The summed E-state index contributed by atoms with van der Waals surface area (Å²) in [7, 11) is -3.35. The van der Waals surface area contributed by atoms with Crippen molar-refractivity contribution in [3.63, 3.8) is 0 Å². The van der Waals surface area contributed by atoms with Gasteiger partial charge in [-0.1, -0.05) is 69.2 Å². The third-order valence-electron chi connectivity index (χ3n) is 6.44. The van der Waals surface area contributed by atoms with Gasteiger partial charge in [-0.25, -0.2) is 18.2 Å². The Balaban J connectivity index is 1.71. The van der Waals surface area contributed by atoms with Crippen molar-refractivity contribution >= 4 is 26.8 Å². The van der Waals surface area contributed by atoms with Crippen LogP contribution in [0.25, 0.3) is 22.2 Å². The third kappa shape index (κ3) is 5.51. The molecule has 3 aromatic carbocycles. The Bertz CT molecular complexity index is 1470. The van der Waals surface area contributed by atoms with Gasteiger partial charge in [0.2, 0.25) is 0 Å². The Kier molecular flexibility index (Phi) is 7.89. The summed E-state index contributed by atoms with van der Waals surface area (Å²) in [4.78, 5) is 16.8. The molecule has 7 heteroatoms. The molecule has 1 aromatic heterocycles. The molecule has 4 aromatic rings. The summed E-state index contributed by atoms with van der Waals surface area (Å²) in [5, 5.41) is 9.53. The first-order chi connectivity index (χ1) is 17.3. The maximum absolute atomic E-state index is 12.9. The van der Waals surface area contributed by atoms with E-state index >= 15 is 0 Å². The molecule has 0 amide bonds. The summed E-state index contributed by atoms with van der Waals surface area (Å²) in [6.07, 6.45) is 4.31. The van der Waals surface area contributed by atoms with Crippen LogP contribution in [-0.4, -0.2) is 34.8 Å². The number of aromatic carboxylic acids is 1. The largest absolute Gasteiger partial charge is 0.478 e. The highest BCUT2D eigenvalue weighted by atomic mass is 32.2. The van der Waals surface area contributed by atoms with Crippen molar-refractivity contribution in [3.05, 3.63) is 83.7 Å². The minimum absolute atomic E-state index is 0.144. The molecule has 1 heterocycles. The van der Waals surface area contributed by atoms with E-state index in [1.807, 2.05) is 49.4 Å². The Hall–Kier alpha value is -3.45. The molecule has 188 valence electrons. The van der Waals surface area contributed by atoms with E-state index in [9.17, 15) is 18.3 Å². The number of nitrogens with zero attached hydrogens (tertiary/aromatic N) is 2. The maximum atomic E-state index is 12.9. The number of sulfone groups is 1. The van der Waals surface area contributed by atoms with Gasteiger partial charge in [0.15, 0.2) is 9.84 Å². The molecule has 36 heavy (non-hydrogen) atoms. The lowest BCUT2D eigenvalue weighted by Crippen LogP contribution is -2.08. The highest BCUT2D eigenvalue weighted by Crippen LogP contribution is 2.27. The number of imidazole rings is 1. The van der Waals surface area contributed by atoms with Crippen molar-refractivity contribution in [2.75, 3.05) is 5.75 Å². The van der Waals surface area contributed by atoms with Crippen LogP contribution in [0.1, 0.15) is 61.3 Å². The molecule has 0 aliphatic heterocycles.